The fourth-order valence-electron chi connectivity index (χ4n) is 6.77. The van der Waals surface area contributed by atoms with Crippen LogP contribution in [0.2, 0.25) is 0 Å². The highest BCUT2D eigenvalue weighted by Crippen LogP contribution is 2.31. The average molecular weight is 921 g/mol. The van der Waals surface area contributed by atoms with Gasteiger partial charge < -0.3 is 5.11 Å². The maximum Gasteiger partial charge on any atom is 0.226 e. The van der Waals surface area contributed by atoms with Crippen molar-refractivity contribution >= 4 is 49.6 Å². The van der Waals surface area contributed by atoms with Gasteiger partial charge in [-0.05, 0) is 30.3 Å². The molecule has 0 aliphatic carbocycles. The van der Waals surface area contributed by atoms with Crippen LogP contribution in [0.15, 0.2) is 54.0 Å². The van der Waals surface area contributed by atoms with Gasteiger partial charge in [0.15, 0.2) is 76.4 Å². The van der Waals surface area contributed by atoms with Crippen LogP contribution in [0.25, 0.3) is 10.2 Å². The Bertz CT molecular complexity index is 2580. The number of benzene rings is 6. The summed E-state index contributed by atoms with van der Waals surface area (Å²) in [6, 6.07) is 15.7. The topological polar surface area (TPSA) is 24.1 Å². The molecule has 0 saturated carbocycles. The number of thiazole rings is 1. The number of nitrogens with zero attached hydrogens (tertiary/aromatic N) is 1. The van der Waals surface area contributed by atoms with Crippen molar-refractivity contribution in [1.29, 1.82) is 0 Å². The quantitative estimate of drug-likeness (QED) is 0.0583. The molecule has 324 valence electrons. The number of fused-ring (bicyclic) bond motifs is 1. The summed E-state index contributed by atoms with van der Waals surface area (Å²) in [4.78, 5) is 0. The van der Waals surface area contributed by atoms with Crippen molar-refractivity contribution in [3.63, 3.8) is 0 Å². The number of rotatable bonds is 6. The maximum atomic E-state index is 15.4. The number of phenolic OH excluding ortho intramolecular Hbond substituents is 1. The number of halogens is 20. The molecule has 0 bridgehead atoms. The van der Waals surface area contributed by atoms with Crippen LogP contribution >= 0.6 is 11.3 Å². The highest BCUT2D eigenvalue weighted by molar-refractivity contribution is 7.20. The lowest BCUT2D eigenvalue weighted by atomic mass is 9.12. The molecule has 0 aliphatic heterocycles. The van der Waals surface area contributed by atoms with Gasteiger partial charge in [-0.15, -0.1) is 21.9 Å². The van der Waals surface area contributed by atoms with E-state index in [2.05, 4.69) is 34.3 Å². The van der Waals surface area contributed by atoms with E-state index in [0.717, 1.165) is 6.54 Å². The minimum absolute atomic E-state index is 0.314. The predicted molar refractivity (Wildman–Crippen MR) is 178 cm³/mol. The summed E-state index contributed by atoms with van der Waals surface area (Å²) in [6.45, 7) is 0.838. The molecule has 7 aromatic rings. The van der Waals surface area contributed by atoms with E-state index >= 15 is 35.1 Å². The van der Waals surface area contributed by atoms with Crippen molar-refractivity contribution in [1.82, 2.24) is 0 Å². The molecule has 0 radical (unpaired) electrons. The lowest BCUT2D eigenvalue weighted by Gasteiger charge is -2.44. The van der Waals surface area contributed by atoms with Gasteiger partial charge >= 0.3 is 0 Å². The normalized spacial score (nSPS) is 11.7. The van der Waals surface area contributed by atoms with Crippen molar-refractivity contribution in [2.75, 3.05) is 0 Å². The van der Waals surface area contributed by atoms with Crippen LogP contribution in [0.1, 0.15) is 5.56 Å². The Balaban J connectivity index is 0.000000311. The van der Waals surface area contributed by atoms with Crippen LogP contribution < -0.4 is 26.4 Å². The third-order valence-electron chi connectivity index (χ3n) is 9.48. The molecular weight excluding hydrogens is 909 g/mol. The van der Waals surface area contributed by atoms with E-state index in [1.54, 1.807) is 23.5 Å². The predicted octanol–water partition coefficient (Wildman–Crippen LogP) is 8.79. The molecule has 1 N–H and O–H groups in total. The first kappa shape index (κ1) is 45.2. The second-order valence-corrected chi connectivity index (χ2v) is 13.7. The lowest BCUT2D eigenvalue weighted by molar-refractivity contribution is -0.658. The molecule has 1 aromatic heterocycles. The maximum absolute atomic E-state index is 15.4. The summed E-state index contributed by atoms with van der Waals surface area (Å²) in [6.07, 6.45) is -7.22. The molecule has 7 rings (SSSR count). The van der Waals surface area contributed by atoms with Crippen LogP contribution in [0.4, 0.5) is 87.8 Å². The first-order chi connectivity index (χ1) is 29.0. The van der Waals surface area contributed by atoms with Gasteiger partial charge in [-0.1, -0.05) is 23.5 Å². The Labute approximate surface area is 335 Å². The van der Waals surface area contributed by atoms with E-state index in [9.17, 15) is 57.8 Å². The minimum Gasteiger partial charge on any atom is -0.508 e. The van der Waals surface area contributed by atoms with E-state index in [1.165, 1.54) is 15.8 Å². The number of hydrogen-bond donors (Lipinski definition) is 1. The molecule has 2 nitrogen and oxygen atoms in total. The molecule has 1 heterocycles. The van der Waals surface area contributed by atoms with E-state index < -0.39 is 144 Å². The molecular formula is C38H12BF20NOS. The van der Waals surface area contributed by atoms with E-state index in [0.29, 0.717) is 5.75 Å². The molecule has 0 amide bonds. The van der Waals surface area contributed by atoms with Crippen molar-refractivity contribution in [3.05, 3.63) is 176 Å². The number of aromatic hydroxyl groups is 1. The third kappa shape index (κ3) is 6.83. The Morgan fingerprint density at radius 2 is 0.645 bits per heavy atom. The van der Waals surface area contributed by atoms with Crippen LogP contribution in [0.5, 0.6) is 5.75 Å². The highest BCUT2D eigenvalue weighted by atomic mass is 32.1. The monoisotopic (exact) mass is 921 g/mol. The highest BCUT2D eigenvalue weighted by Gasteiger charge is 2.52. The Hall–Kier alpha value is -6.33. The van der Waals surface area contributed by atoms with Gasteiger partial charge in [-0.2, -0.15) is 4.57 Å². The van der Waals surface area contributed by atoms with Crippen LogP contribution in [0, 0.1) is 116 Å². The largest absolute Gasteiger partial charge is 0.508 e. The van der Waals surface area contributed by atoms with Gasteiger partial charge in [0.1, 0.15) is 63.1 Å². The standard InChI is InChI=1S/C24BF20.C14H11NOS/c26-5-1(6(27)14(35)21(42)13(5)34)25(2-7(28)15(36)22(43)16(37)8(2)29,3-9(30)17(38)23(44)18(39)10(3)31)4-11(32)19(40)24(45)20(41)12(4)33;16-12-7-5-11(6-8-12)9-15-10-17-14-4-2-1-3-13(14)15/h;1-8,10H,9H2/q-1;/p+1. The number of phenols is 1. The molecule has 0 saturated heterocycles. The number of aromatic nitrogens is 1. The van der Waals surface area contributed by atoms with Crippen molar-refractivity contribution in [3.8, 4) is 5.75 Å². The zero-order valence-corrected chi connectivity index (χ0v) is 30.2. The van der Waals surface area contributed by atoms with Gasteiger partial charge in [-0.3, -0.25) is 0 Å². The Morgan fingerprint density at radius 3 is 0.952 bits per heavy atom. The van der Waals surface area contributed by atoms with E-state index in [4.69, 9.17) is 0 Å². The fourth-order valence-corrected chi connectivity index (χ4v) is 7.66. The summed E-state index contributed by atoms with van der Waals surface area (Å²) in [5, 5.41) is 9.25. The van der Waals surface area contributed by atoms with E-state index in [1.807, 2.05) is 12.1 Å². The van der Waals surface area contributed by atoms with E-state index in [-0.39, 0.29) is 0 Å². The number of hydrogen-bond acceptors (Lipinski definition) is 2. The zero-order chi connectivity index (χ0) is 46.0. The molecule has 62 heavy (non-hydrogen) atoms. The third-order valence-corrected chi connectivity index (χ3v) is 10.4. The first-order valence-electron chi connectivity index (χ1n) is 16.4. The Kier molecular flexibility index (Phi) is 12.0. The van der Waals surface area contributed by atoms with Crippen LogP contribution in [0.3, 0.4) is 0 Å². The second-order valence-electron chi connectivity index (χ2n) is 12.8. The van der Waals surface area contributed by atoms with Crippen molar-refractivity contribution in [2.24, 2.45) is 0 Å². The molecule has 0 fully saturated rings. The molecule has 0 unspecified atom stereocenters. The molecule has 24 heteroatoms. The summed E-state index contributed by atoms with van der Waals surface area (Å²) >= 11 is 1.75. The summed E-state index contributed by atoms with van der Waals surface area (Å²) in [7, 11) is 0. The van der Waals surface area contributed by atoms with Gasteiger partial charge in [-0.25, -0.2) is 87.8 Å². The van der Waals surface area contributed by atoms with Crippen LogP contribution in [-0.2, 0) is 6.54 Å². The van der Waals surface area contributed by atoms with Crippen LogP contribution in [-0.4, -0.2) is 11.3 Å². The summed E-state index contributed by atoms with van der Waals surface area (Å²) in [5.74, 6) is -71.1. The fraction of sp³-hybridized carbons (Fsp3) is 0.0263. The first-order valence-corrected chi connectivity index (χ1v) is 17.3. The van der Waals surface area contributed by atoms with Gasteiger partial charge in [0.25, 0.3) is 0 Å². The minimum atomic E-state index is -7.22. The average Bonchev–Trinajstić information content (AvgIpc) is 3.66. The molecule has 0 aliphatic rings. The molecule has 0 atom stereocenters. The van der Waals surface area contributed by atoms with Gasteiger partial charge in [0.05, 0.1) is 0 Å². The summed E-state index contributed by atoms with van der Waals surface area (Å²) < 4.78 is 297. The zero-order valence-electron chi connectivity index (χ0n) is 29.3. The smallest absolute Gasteiger partial charge is 0.226 e. The molecule has 0 spiro atoms. The SMILES string of the molecule is Fc1c(F)c(F)c([B-](c2c(F)c(F)c(F)c(F)c2F)(c2c(F)c(F)c(F)c(F)c2F)c2c(F)c(F)c(F)c(F)c2F)c(F)c1F.Oc1ccc(C[n+]2csc3ccccc32)cc1. The Morgan fingerprint density at radius 1 is 0.371 bits per heavy atom. The van der Waals surface area contributed by atoms with Gasteiger partial charge in [0, 0.05) is 11.6 Å². The lowest BCUT2D eigenvalue weighted by Crippen LogP contribution is -2.81. The number of para-hydroxylation sites is 1. The van der Waals surface area contributed by atoms with Crippen molar-refractivity contribution in [2.45, 2.75) is 6.54 Å². The molecule has 6 aromatic carbocycles. The van der Waals surface area contributed by atoms with Crippen molar-refractivity contribution < 1.29 is 97.5 Å². The van der Waals surface area contributed by atoms with Gasteiger partial charge in [0.2, 0.25) is 11.0 Å². The second kappa shape index (κ2) is 16.5. The summed E-state index contributed by atoms with van der Waals surface area (Å²) in [5.41, 5.74) is -9.75.